The first-order chi connectivity index (χ1) is 15.2. The molecule has 2 atom stereocenters. The molecular weight excluding hydrogens is 414 g/mol. The van der Waals surface area contributed by atoms with Gasteiger partial charge in [0.15, 0.2) is 11.5 Å². The summed E-state index contributed by atoms with van der Waals surface area (Å²) < 4.78 is 0. The summed E-state index contributed by atoms with van der Waals surface area (Å²) in [5.41, 5.74) is 1.35. The van der Waals surface area contributed by atoms with Crippen molar-refractivity contribution in [3.05, 3.63) is 53.6 Å². The number of benzene rings is 2. The molecule has 0 aliphatic carbocycles. The quantitative estimate of drug-likeness (QED) is 0.441. The monoisotopic (exact) mass is 441 g/mol. The highest BCUT2D eigenvalue weighted by atomic mass is 16.3. The molecule has 0 saturated carbocycles. The van der Waals surface area contributed by atoms with Crippen LogP contribution in [-0.2, 0) is 27.3 Å². The average molecular weight is 441 g/mol. The number of aromatic hydroxyl groups is 3. The van der Waals surface area contributed by atoms with Crippen LogP contribution in [0.15, 0.2) is 42.5 Å². The van der Waals surface area contributed by atoms with Crippen LogP contribution in [0.3, 0.4) is 0 Å². The number of carbonyl (C=O) groups excluding carboxylic acids is 3. The van der Waals surface area contributed by atoms with Crippen molar-refractivity contribution in [1.29, 1.82) is 0 Å². The second-order valence-electron chi connectivity index (χ2n) is 7.83. The molecular formula is C23H27N3O6. The Balaban J connectivity index is 1.98. The van der Waals surface area contributed by atoms with E-state index in [9.17, 15) is 29.7 Å². The second-order valence-corrected chi connectivity index (χ2v) is 7.83. The molecule has 0 radical (unpaired) electrons. The summed E-state index contributed by atoms with van der Waals surface area (Å²) in [6.07, 6.45) is 0.351. The lowest BCUT2D eigenvalue weighted by Crippen LogP contribution is -2.67. The third-order valence-corrected chi connectivity index (χ3v) is 5.64. The highest BCUT2D eigenvalue weighted by Gasteiger charge is 2.44. The van der Waals surface area contributed by atoms with Gasteiger partial charge in [-0.3, -0.25) is 14.4 Å². The number of piperazine rings is 1. The lowest BCUT2D eigenvalue weighted by Gasteiger charge is -2.48. The first-order valence-corrected chi connectivity index (χ1v) is 10.3. The second kappa shape index (κ2) is 9.59. The van der Waals surface area contributed by atoms with Gasteiger partial charge in [-0.2, -0.15) is 0 Å². The first kappa shape index (κ1) is 22.9. The van der Waals surface area contributed by atoms with Crippen LogP contribution in [0.25, 0.3) is 0 Å². The zero-order valence-electron chi connectivity index (χ0n) is 18.0. The van der Waals surface area contributed by atoms with Gasteiger partial charge in [-0.15, -0.1) is 0 Å². The van der Waals surface area contributed by atoms with E-state index in [-0.39, 0.29) is 55.0 Å². The molecule has 0 bridgehead atoms. The molecule has 0 aromatic heterocycles. The molecule has 1 aliphatic heterocycles. The number of nitrogens with zero attached hydrogens (tertiary/aromatic N) is 3. The molecule has 3 rings (SSSR count). The normalized spacial score (nSPS) is 18.5. The molecule has 170 valence electrons. The Morgan fingerprint density at radius 1 is 1.09 bits per heavy atom. The smallest absolute Gasteiger partial charge is 0.246 e. The van der Waals surface area contributed by atoms with E-state index >= 15 is 0 Å². The summed E-state index contributed by atoms with van der Waals surface area (Å²) in [4.78, 5) is 42.3. The van der Waals surface area contributed by atoms with Crippen LogP contribution in [0.4, 0.5) is 0 Å². The van der Waals surface area contributed by atoms with E-state index in [1.54, 1.807) is 37.1 Å². The van der Waals surface area contributed by atoms with Crippen LogP contribution in [0.5, 0.6) is 17.2 Å². The fraction of sp³-hybridized carbons (Fsp3) is 0.348. The maximum Gasteiger partial charge on any atom is 0.246 e. The van der Waals surface area contributed by atoms with E-state index in [1.807, 2.05) is 0 Å². The maximum absolute atomic E-state index is 13.5. The van der Waals surface area contributed by atoms with Gasteiger partial charge in [0, 0.05) is 26.4 Å². The minimum atomic E-state index is -0.848. The number of phenols is 3. The molecule has 9 nitrogen and oxygen atoms in total. The van der Waals surface area contributed by atoms with Gasteiger partial charge in [0.2, 0.25) is 18.2 Å². The zero-order valence-corrected chi connectivity index (χ0v) is 18.0. The van der Waals surface area contributed by atoms with Gasteiger partial charge < -0.3 is 30.0 Å². The summed E-state index contributed by atoms with van der Waals surface area (Å²) in [6, 6.07) is 9.87. The summed E-state index contributed by atoms with van der Waals surface area (Å²) in [7, 11) is 1.56. The predicted octanol–water partition coefficient (Wildman–Crippen LogP) is 1.41. The Bertz CT molecular complexity index is 994. The van der Waals surface area contributed by atoms with Crippen molar-refractivity contribution in [2.75, 3.05) is 13.6 Å². The molecule has 0 spiro atoms. The van der Waals surface area contributed by atoms with Gasteiger partial charge in [0.25, 0.3) is 0 Å². The number of likely N-dealkylation sites (N-methyl/N-ethyl adjacent to an activating group) is 1. The Kier molecular flexibility index (Phi) is 6.87. The van der Waals surface area contributed by atoms with E-state index in [0.717, 1.165) is 5.56 Å². The van der Waals surface area contributed by atoms with Crippen LogP contribution in [-0.4, -0.2) is 74.0 Å². The number of hydrogen-bond donors (Lipinski definition) is 3. The minimum absolute atomic E-state index is 0.0949. The largest absolute Gasteiger partial charge is 0.508 e. The summed E-state index contributed by atoms with van der Waals surface area (Å²) in [5, 5.41) is 28.9. The van der Waals surface area contributed by atoms with Crippen molar-refractivity contribution in [1.82, 2.24) is 14.7 Å². The molecule has 1 unspecified atom stereocenters. The summed E-state index contributed by atoms with van der Waals surface area (Å²) in [6.45, 7) is 1.94. The van der Waals surface area contributed by atoms with Crippen LogP contribution in [0.1, 0.15) is 24.5 Å². The highest BCUT2D eigenvalue weighted by molar-refractivity contribution is 5.89. The van der Waals surface area contributed by atoms with E-state index in [2.05, 4.69) is 0 Å². The SMILES string of the molecule is CCC(=O)N1C(N(C)C=O)CN(Cc2ccc(O)c(O)c2)C(=O)[C@@H]1Cc1ccc(O)cc1. The molecule has 9 heteroatoms. The molecule has 2 aromatic rings. The Morgan fingerprint density at radius 3 is 2.34 bits per heavy atom. The van der Waals surface area contributed by atoms with Gasteiger partial charge in [0.1, 0.15) is 18.0 Å². The Morgan fingerprint density at radius 2 is 1.75 bits per heavy atom. The lowest BCUT2D eigenvalue weighted by molar-refractivity contribution is -0.164. The van der Waals surface area contributed by atoms with Crippen molar-refractivity contribution < 1.29 is 29.7 Å². The highest BCUT2D eigenvalue weighted by Crippen LogP contribution is 2.28. The van der Waals surface area contributed by atoms with Gasteiger partial charge in [-0.25, -0.2) is 0 Å². The fourth-order valence-electron chi connectivity index (χ4n) is 3.90. The lowest BCUT2D eigenvalue weighted by atomic mass is 9.98. The van der Waals surface area contributed by atoms with Crippen molar-refractivity contribution in [2.45, 2.75) is 38.5 Å². The van der Waals surface area contributed by atoms with Gasteiger partial charge in [-0.1, -0.05) is 25.1 Å². The van der Waals surface area contributed by atoms with Crippen LogP contribution in [0, 0.1) is 0 Å². The summed E-state index contributed by atoms with van der Waals surface area (Å²) in [5.74, 6) is -0.998. The fourth-order valence-corrected chi connectivity index (χ4v) is 3.90. The van der Waals surface area contributed by atoms with Crippen molar-refractivity contribution in [3.8, 4) is 17.2 Å². The minimum Gasteiger partial charge on any atom is -0.508 e. The molecule has 1 aliphatic rings. The average Bonchev–Trinajstić information content (AvgIpc) is 2.79. The van der Waals surface area contributed by atoms with E-state index < -0.39 is 12.2 Å². The Labute approximate surface area is 186 Å². The summed E-state index contributed by atoms with van der Waals surface area (Å²) >= 11 is 0. The van der Waals surface area contributed by atoms with Crippen LogP contribution < -0.4 is 0 Å². The third kappa shape index (κ3) is 4.77. The van der Waals surface area contributed by atoms with Crippen LogP contribution in [0.2, 0.25) is 0 Å². The number of hydrogen-bond acceptors (Lipinski definition) is 6. The van der Waals surface area contributed by atoms with Gasteiger partial charge in [-0.05, 0) is 35.4 Å². The number of carbonyl (C=O) groups is 3. The molecule has 2 aromatic carbocycles. The topological polar surface area (TPSA) is 122 Å². The van der Waals surface area contributed by atoms with Gasteiger partial charge >= 0.3 is 0 Å². The molecule has 1 heterocycles. The number of phenolic OH excluding ortho intramolecular Hbond substituents is 3. The maximum atomic E-state index is 13.5. The molecule has 32 heavy (non-hydrogen) atoms. The van der Waals surface area contributed by atoms with E-state index in [4.69, 9.17) is 0 Å². The first-order valence-electron chi connectivity index (χ1n) is 10.3. The standard InChI is InChI=1S/C23H27N3O6/c1-3-22(31)26-18(10-15-4-7-17(28)8-5-15)23(32)25(13-21(26)24(2)14-27)12-16-6-9-19(29)20(30)11-16/h4-9,11,14,18,21,28-30H,3,10,12-13H2,1-2H3/t18-,21?/m0/s1. The number of amides is 3. The molecule has 1 fully saturated rings. The molecule has 3 N–H and O–H groups in total. The number of rotatable bonds is 7. The van der Waals surface area contributed by atoms with Crippen molar-refractivity contribution in [3.63, 3.8) is 0 Å². The Hall–Kier alpha value is -3.75. The zero-order chi connectivity index (χ0) is 23.4. The van der Waals surface area contributed by atoms with E-state index in [1.165, 1.54) is 34.1 Å². The van der Waals surface area contributed by atoms with Crippen molar-refractivity contribution in [2.24, 2.45) is 0 Å². The predicted molar refractivity (Wildman–Crippen MR) is 116 cm³/mol. The van der Waals surface area contributed by atoms with Gasteiger partial charge in [0.05, 0.1) is 6.54 Å². The van der Waals surface area contributed by atoms with Crippen molar-refractivity contribution >= 4 is 18.2 Å². The van der Waals surface area contributed by atoms with E-state index in [0.29, 0.717) is 12.0 Å². The third-order valence-electron chi connectivity index (χ3n) is 5.64. The van der Waals surface area contributed by atoms with Crippen LogP contribution >= 0.6 is 0 Å². The molecule has 3 amide bonds. The molecule has 1 saturated heterocycles.